The van der Waals surface area contributed by atoms with Crippen LogP contribution in [0.4, 0.5) is 0 Å². The van der Waals surface area contributed by atoms with E-state index >= 15 is 0 Å². The number of phenols is 1. The summed E-state index contributed by atoms with van der Waals surface area (Å²) >= 11 is 0. The van der Waals surface area contributed by atoms with Crippen LogP contribution in [0.3, 0.4) is 0 Å². The first-order chi connectivity index (χ1) is 11.8. The lowest BCUT2D eigenvalue weighted by molar-refractivity contribution is -0.159. The van der Waals surface area contributed by atoms with Crippen LogP contribution in [0, 0.1) is 24.7 Å². The fourth-order valence-electron chi connectivity index (χ4n) is 3.48. The maximum absolute atomic E-state index is 12.1. The molecule has 1 aromatic carbocycles. The molecule has 0 aliphatic heterocycles. The van der Waals surface area contributed by atoms with Gasteiger partial charge in [-0.05, 0) is 49.1 Å². The van der Waals surface area contributed by atoms with E-state index in [2.05, 4.69) is 20.8 Å². The minimum Gasteiger partial charge on any atom is -0.507 e. The van der Waals surface area contributed by atoms with Crippen molar-refractivity contribution in [1.82, 2.24) is 0 Å². The number of aromatic hydroxyl groups is 1. The molecule has 1 aromatic rings. The second-order valence-corrected chi connectivity index (χ2v) is 7.40. The van der Waals surface area contributed by atoms with Crippen molar-refractivity contribution in [3.05, 3.63) is 29.3 Å². The zero-order chi connectivity index (χ0) is 18.6. The first-order valence-corrected chi connectivity index (χ1v) is 8.94. The number of ether oxygens (including phenoxy) is 2. The maximum Gasteiger partial charge on any atom is 0.344 e. The molecule has 1 fully saturated rings. The number of carbonyl (C=O) groups is 2. The van der Waals surface area contributed by atoms with Crippen LogP contribution in [-0.4, -0.2) is 29.8 Å². The molecule has 0 radical (unpaired) electrons. The number of rotatable bonds is 5. The van der Waals surface area contributed by atoms with Gasteiger partial charge in [0.15, 0.2) is 6.61 Å². The molecule has 0 bridgehead atoms. The second-order valence-electron chi connectivity index (χ2n) is 7.40. The average Bonchev–Trinajstić information content (AvgIpc) is 2.55. The van der Waals surface area contributed by atoms with Crippen LogP contribution < -0.4 is 0 Å². The molecule has 1 aliphatic carbocycles. The second kappa shape index (κ2) is 8.37. The van der Waals surface area contributed by atoms with Crippen LogP contribution in [0.1, 0.15) is 56.0 Å². The standard InChI is InChI=1S/C20H28O5/c1-12(2)15-9-8-13(3)10-17(15)25-18(21)11-24-20(23)16-7-5-6-14(4)19(16)22/h5-7,12-13,15,17,22H,8-11H2,1-4H3/t13-,15+,17-/m1/s1. The van der Waals surface area contributed by atoms with Crippen molar-refractivity contribution < 1.29 is 24.2 Å². The highest BCUT2D eigenvalue weighted by atomic mass is 16.6. The highest BCUT2D eigenvalue weighted by Gasteiger charge is 2.33. The zero-order valence-electron chi connectivity index (χ0n) is 15.5. The van der Waals surface area contributed by atoms with E-state index in [1.165, 1.54) is 6.07 Å². The Morgan fingerprint density at radius 1 is 1.28 bits per heavy atom. The predicted molar refractivity (Wildman–Crippen MR) is 94.3 cm³/mol. The number of hydrogen-bond acceptors (Lipinski definition) is 5. The zero-order valence-corrected chi connectivity index (χ0v) is 15.5. The highest BCUT2D eigenvalue weighted by molar-refractivity contribution is 5.93. The van der Waals surface area contributed by atoms with Crippen molar-refractivity contribution in [3.8, 4) is 5.75 Å². The number of para-hydroxylation sites is 1. The Morgan fingerprint density at radius 3 is 2.68 bits per heavy atom. The molecule has 1 saturated carbocycles. The molecule has 1 aliphatic rings. The number of benzene rings is 1. The van der Waals surface area contributed by atoms with Crippen molar-refractivity contribution in [2.24, 2.45) is 17.8 Å². The van der Waals surface area contributed by atoms with Crippen LogP contribution in [-0.2, 0) is 14.3 Å². The van der Waals surface area contributed by atoms with Crippen molar-refractivity contribution in [1.29, 1.82) is 0 Å². The molecular formula is C20H28O5. The molecule has 0 unspecified atom stereocenters. The monoisotopic (exact) mass is 348 g/mol. The number of phenolic OH excluding ortho intramolecular Hbond substituents is 1. The molecule has 0 spiro atoms. The van der Waals surface area contributed by atoms with Crippen molar-refractivity contribution in [3.63, 3.8) is 0 Å². The largest absolute Gasteiger partial charge is 0.507 e. The molecule has 0 aromatic heterocycles. The summed E-state index contributed by atoms with van der Waals surface area (Å²) in [5.74, 6) is -0.0731. The fraction of sp³-hybridized carbons (Fsp3) is 0.600. The molecule has 2 rings (SSSR count). The van der Waals surface area contributed by atoms with Crippen LogP contribution in [0.25, 0.3) is 0 Å². The number of hydrogen-bond donors (Lipinski definition) is 1. The Labute approximate surface area is 149 Å². The van der Waals surface area contributed by atoms with E-state index < -0.39 is 18.5 Å². The van der Waals surface area contributed by atoms with E-state index in [0.29, 0.717) is 23.3 Å². The summed E-state index contributed by atoms with van der Waals surface area (Å²) in [5.41, 5.74) is 0.632. The third-order valence-electron chi connectivity index (χ3n) is 5.02. The van der Waals surface area contributed by atoms with Crippen molar-refractivity contribution in [2.75, 3.05) is 6.61 Å². The fourth-order valence-corrected chi connectivity index (χ4v) is 3.48. The molecule has 0 saturated heterocycles. The van der Waals surface area contributed by atoms with E-state index in [-0.39, 0.29) is 17.4 Å². The minimum absolute atomic E-state index is 0.0548. The van der Waals surface area contributed by atoms with E-state index in [0.717, 1.165) is 19.3 Å². The predicted octanol–water partition coefficient (Wildman–Crippen LogP) is 3.86. The van der Waals surface area contributed by atoms with Gasteiger partial charge in [-0.3, -0.25) is 0 Å². The van der Waals surface area contributed by atoms with Gasteiger partial charge in [0.1, 0.15) is 17.4 Å². The summed E-state index contributed by atoms with van der Waals surface area (Å²) in [4.78, 5) is 24.2. The summed E-state index contributed by atoms with van der Waals surface area (Å²) in [7, 11) is 0. The number of carbonyl (C=O) groups excluding carboxylic acids is 2. The summed E-state index contributed by atoms with van der Waals surface area (Å²) in [6.45, 7) is 7.70. The average molecular weight is 348 g/mol. The topological polar surface area (TPSA) is 72.8 Å². The SMILES string of the molecule is Cc1cccc(C(=O)OCC(=O)O[C@@H]2C[C@H](C)CC[C@H]2C(C)C)c1O. The van der Waals surface area contributed by atoms with E-state index in [1.54, 1.807) is 19.1 Å². The van der Waals surface area contributed by atoms with Crippen LogP contribution in [0.15, 0.2) is 18.2 Å². The Kier molecular flexibility index (Phi) is 6.45. The van der Waals surface area contributed by atoms with Crippen molar-refractivity contribution >= 4 is 11.9 Å². The molecule has 138 valence electrons. The van der Waals surface area contributed by atoms with Gasteiger partial charge < -0.3 is 14.6 Å². The maximum atomic E-state index is 12.1. The first kappa shape index (κ1) is 19.3. The van der Waals surface area contributed by atoms with E-state index in [4.69, 9.17) is 9.47 Å². The summed E-state index contributed by atoms with van der Waals surface area (Å²) in [6.07, 6.45) is 2.93. The molecule has 25 heavy (non-hydrogen) atoms. The smallest absolute Gasteiger partial charge is 0.344 e. The highest BCUT2D eigenvalue weighted by Crippen LogP contribution is 2.35. The van der Waals surface area contributed by atoms with E-state index in [1.807, 2.05) is 0 Å². The molecule has 5 heteroatoms. The Morgan fingerprint density at radius 2 is 2.00 bits per heavy atom. The number of esters is 2. The van der Waals surface area contributed by atoms with Crippen LogP contribution >= 0.6 is 0 Å². The summed E-state index contributed by atoms with van der Waals surface area (Å²) in [6, 6.07) is 4.81. The van der Waals surface area contributed by atoms with Gasteiger partial charge >= 0.3 is 11.9 Å². The molecule has 3 atom stereocenters. The van der Waals surface area contributed by atoms with Crippen molar-refractivity contribution in [2.45, 2.75) is 53.1 Å². The molecule has 5 nitrogen and oxygen atoms in total. The minimum atomic E-state index is -0.726. The number of aryl methyl sites for hydroxylation is 1. The molecule has 0 heterocycles. The lowest BCUT2D eigenvalue weighted by Crippen LogP contribution is -2.36. The lowest BCUT2D eigenvalue weighted by atomic mass is 9.75. The van der Waals surface area contributed by atoms with Gasteiger partial charge in [0, 0.05) is 0 Å². The lowest BCUT2D eigenvalue weighted by Gasteiger charge is -2.36. The first-order valence-electron chi connectivity index (χ1n) is 8.94. The van der Waals surface area contributed by atoms with Gasteiger partial charge in [0.05, 0.1) is 0 Å². The molecule has 0 amide bonds. The summed E-state index contributed by atoms with van der Waals surface area (Å²) in [5, 5.41) is 9.90. The van der Waals surface area contributed by atoms with Gasteiger partial charge in [0.2, 0.25) is 0 Å². The van der Waals surface area contributed by atoms with Gasteiger partial charge in [-0.2, -0.15) is 0 Å². The van der Waals surface area contributed by atoms with E-state index in [9.17, 15) is 14.7 Å². The third-order valence-corrected chi connectivity index (χ3v) is 5.02. The van der Waals surface area contributed by atoms with Crippen LogP contribution in [0.5, 0.6) is 5.75 Å². The van der Waals surface area contributed by atoms with Gasteiger partial charge in [-0.25, -0.2) is 9.59 Å². The Balaban J connectivity index is 1.91. The van der Waals surface area contributed by atoms with Crippen LogP contribution in [0.2, 0.25) is 0 Å². The van der Waals surface area contributed by atoms with Gasteiger partial charge in [-0.1, -0.05) is 39.3 Å². The Bertz CT molecular complexity index is 623. The normalized spacial score (nSPS) is 23.3. The van der Waals surface area contributed by atoms with Gasteiger partial charge in [-0.15, -0.1) is 0 Å². The quantitative estimate of drug-likeness (QED) is 0.818. The third kappa shape index (κ3) is 4.97. The molecular weight excluding hydrogens is 320 g/mol. The van der Waals surface area contributed by atoms with Gasteiger partial charge in [0.25, 0.3) is 0 Å². The Hall–Kier alpha value is -2.04. The summed E-state index contributed by atoms with van der Waals surface area (Å²) < 4.78 is 10.6. The molecule has 1 N–H and O–H groups in total.